The lowest BCUT2D eigenvalue weighted by molar-refractivity contribution is -0.122. The summed E-state index contributed by atoms with van der Waals surface area (Å²) < 4.78 is 5.20. The molecule has 0 saturated heterocycles. The summed E-state index contributed by atoms with van der Waals surface area (Å²) in [5, 5.41) is 11.5. The number of carboxylic acid groups (broad SMARTS) is 1. The molecule has 1 aromatic heterocycles. The Morgan fingerprint density at radius 1 is 1.42 bits per heavy atom. The first-order valence-electron chi connectivity index (χ1n) is 6.16. The van der Waals surface area contributed by atoms with E-state index in [4.69, 9.17) is 9.84 Å². The molecule has 0 atom stereocenters. The van der Waals surface area contributed by atoms with Crippen LogP contribution in [0.25, 0.3) is 0 Å². The number of nitrogens with one attached hydrogen (secondary N) is 1. The van der Waals surface area contributed by atoms with E-state index in [0.717, 1.165) is 6.42 Å². The Bertz CT molecular complexity index is 434. The lowest BCUT2D eigenvalue weighted by Gasteiger charge is -2.06. The van der Waals surface area contributed by atoms with Crippen LogP contribution in [0, 0.1) is 0 Å². The van der Waals surface area contributed by atoms with Crippen LogP contribution in [0.15, 0.2) is 18.3 Å². The fourth-order valence-corrected chi connectivity index (χ4v) is 1.40. The predicted molar refractivity (Wildman–Crippen MR) is 68.8 cm³/mol. The predicted octanol–water partition coefficient (Wildman–Crippen LogP) is 1.21. The smallest absolute Gasteiger partial charge is 0.335 e. The molecule has 0 aromatic carbocycles. The molecular formula is C13H18N2O4. The normalized spacial score (nSPS) is 10.2. The molecule has 0 spiro atoms. The molecule has 0 fully saturated rings. The van der Waals surface area contributed by atoms with Crippen molar-refractivity contribution in [1.29, 1.82) is 0 Å². The van der Waals surface area contributed by atoms with Crippen molar-refractivity contribution in [3.8, 4) is 0 Å². The van der Waals surface area contributed by atoms with Gasteiger partial charge in [0.2, 0.25) is 5.91 Å². The molecule has 2 N–H and O–H groups in total. The molecule has 0 radical (unpaired) electrons. The maximum atomic E-state index is 11.5. The van der Waals surface area contributed by atoms with Crippen molar-refractivity contribution in [3.05, 3.63) is 29.6 Å². The van der Waals surface area contributed by atoms with Gasteiger partial charge in [-0.2, -0.15) is 0 Å². The third-order valence-electron chi connectivity index (χ3n) is 2.35. The van der Waals surface area contributed by atoms with E-state index in [0.29, 0.717) is 25.3 Å². The largest absolute Gasteiger partial charge is 0.478 e. The van der Waals surface area contributed by atoms with Gasteiger partial charge in [0, 0.05) is 19.2 Å². The number of carbonyl (C=O) groups excluding carboxylic acids is 1. The Labute approximate surface area is 111 Å². The van der Waals surface area contributed by atoms with E-state index >= 15 is 0 Å². The van der Waals surface area contributed by atoms with E-state index in [2.05, 4.69) is 10.3 Å². The number of amides is 1. The molecule has 0 aliphatic carbocycles. The highest BCUT2D eigenvalue weighted by atomic mass is 16.5. The summed E-state index contributed by atoms with van der Waals surface area (Å²) in [6.07, 6.45) is 2.63. The van der Waals surface area contributed by atoms with Crippen LogP contribution >= 0.6 is 0 Å². The maximum absolute atomic E-state index is 11.5. The highest BCUT2D eigenvalue weighted by molar-refractivity contribution is 5.87. The van der Waals surface area contributed by atoms with Gasteiger partial charge in [-0.05, 0) is 18.6 Å². The van der Waals surface area contributed by atoms with Crippen LogP contribution < -0.4 is 5.32 Å². The minimum Gasteiger partial charge on any atom is -0.478 e. The Balaban J connectivity index is 2.33. The zero-order chi connectivity index (χ0) is 14.1. The molecule has 1 amide bonds. The van der Waals surface area contributed by atoms with Gasteiger partial charge in [0.25, 0.3) is 0 Å². The Hall–Kier alpha value is -1.95. The minimum atomic E-state index is -1.01. The quantitative estimate of drug-likeness (QED) is 0.690. The first kappa shape index (κ1) is 15.1. The van der Waals surface area contributed by atoms with Gasteiger partial charge in [0.15, 0.2) is 0 Å². The number of rotatable bonds is 8. The number of aromatic carboxylic acids is 1. The average Bonchev–Trinajstić information content (AvgIpc) is 2.41. The van der Waals surface area contributed by atoms with E-state index in [-0.39, 0.29) is 18.0 Å². The lowest BCUT2D eigenvalue weighted by atomic mass is 10.2. The number of ether oxygens (including phenoxy) is 1. The monoisotopic (exact) mass is 266 g/mol. The summed E-state index contributed by atoms with van der Waals surface area (Å²) in [7, 11) is 0. The molecule has 6 heteroatoms. The Kier molecular flexibility index (Phi) is 6.52. The Morgan fingerprint density at radius 2 is 2.21 bits per heavy atom. The van der Waals surface area contributed by atoms with Crippen molar-refractivity contribution < 1.29 is 19.4 Å². The second-order valence-electron chi connectivity index (χ2n) is 3.98. The molecular weight excluding hydrogens is 248 g/mol. The molecule has 19 heavy (non-hydrogen) atoms. The Morgan fingerprint density at radius 3 is 2.89 bits per heavy atom. The third kappa shape index (κ3) is 5.96. The number of hydrogen-bond acceptors (Lipinski definition) is 4. The fourth-order valence-electron chi connectivity index (χ4n) is 1.40. The molecule has 1 heterocycles. The van der Waals surface area contributed by atoms with Gasteiger partial charge in [-0.15, -0.1) is 0 Å². The average molecular weight is 266 g/mol. The van der Waals surface area contributed by atoms with Gasteiger partial charge in [-0.3, -0.25) is 9.78 Å². The van der Waals surface area contributed by atoms with Gasteiger partial charge < -0.3 is 15.2 Å². The summed E-state index contributed by atoms with van der Waals surface area (Å²) in [4.78, 5) is 26.2. The molecule has 0 aliphatic rings. The third-order valence-corrected chi connectivity index (χ3v) is 2.35. The minimum absolute atomic E-state index is 0.140. The number of pyridine rings is 1. The summed E-state index contributed by atoms with van der Waals surface area (Å²) in [6.45, 7) is 3.26. The first-order valence-corrected chi connectivity index (χ1v) is 6.16. The van der Waals surface area contributed by atoms with Crippen LogP contribution in [0.4, 0.5) is 0 Å². The van der Waals surface area contributed by atoms with Crippen LogP contribution in [0.5, 0.6) is 0 Å². The van der Waals surface area contributed by atoms with Gasteiger partial charge in [-0.1, -0.05) is 6.92 Å². The van der Waals surface area contributed by atoms with E-state index < -0.39 is 5.97 Å². The van der Waals surface area contributed by atoms with Gasteiger partial charge in [0.1, 0.15) is 0 Å². The summed E-state index contributed by atoms with van der Waals surface area (Å²) in [6, 6.07) is 2.85. The van der Waals surface area contributed by atoms with E-state index in [9.17, 15) is 9.59 Å². The number of nitrogens with zero attached hydrogens (tertiary/aromatic N) is 1. The van der Waals surface area contributed by atoms with E-state index in [1.807, 2.05) is 6.92 Å². The van der Waals surface area contributed by atoms with Crippen molar-refractivity contribution in [2.24, 2.45) is 0 Å². The zero-order valence-electron chi connectivity index (χ0n) is 10.9. The summed E-state index contributed by atoms with van der Waals surface area (Å²) in [5.74, 6) is -1.15. The molecule has 1 rings (SSSR count). The number of hydrogen-bond donors (Lipinski definition) is 2. The first-order chi connectivity index (χ1) is 9.13. The van der Waals surface area contributed by atoms with Crippen molar-refractivity contribution >= 4 is 11.9 Å². The highest BCUT2D eigenvalue weighted by Gasteiger charge is 2.06. The number of aromatic nitrogens is 1. The highest BCUT2D eigenvalue weighted by Crippen LogP contribution is 2.01. The number of carboxylic acids is 1. The molecule has 1 aromatic rings. The molecule has 0 aliphatic heterocycles. The van der Waals surface area contributed by atoms with Gasteiger partial charge in [-0.25, -0.2) is 4.79 Å². The van der Waals surface area contributed by atoms with E-state index in [1.54, 1.807) is 0 Å². The van der Waals surface area contributed by atoms with Crippen molar-refractivity contribution in [1.82, 2.24) is 10.3 Å². The van der Waals surface area contributed by atoms with Crippen LogP contribution in [-0.4, -0.2) is 35.2 Å². The molecule has 104 valence electrons. The second-order valence-corrected chi connectivity index (χ2v) is 3.98. The zero-order valence-corrected chi connectivity index (χ0v) is 10.9. The molecule has 0 unspecified atom stereocenters. The van der Waals surface area contributed by atoms with Crippen molar-refractivity contribution in [2.45, 2.75) is 26.3 Å². The van der Waals surface area contributed by atoms with Crippen LogP contribution in [-0.2, 0) is 16.1 Å². The molecule has 0 saturated carbocycles. The summed E-state index contributed by atoms with van der Waals surface area (Å²) in [5.41, 5.74) is 0.674. The van der Waals surface area contributed by atoms with E-state index in [1.165, 1.54) is 18.3 Å². The molecule has 6 nitrogen and oxygen atoms in total. The van der Waals surface area contributed by atoms with Crippen LogP contribution in [0.2, 0.25) is 0 Å². The van der Waals surface area contributed by atoms with Crippen LogP contribution in [0.1, 0.15) is 35.8 Å². The van der Waals surface area contributed by atoms with Crippen molar-refractivity contribution in [2.75, 3.05) is 13.2 Å². The maximum Gasteiger partial charge on any atom is 0.335 e. The fraction of sp³-hybridized carbons (Fsp3) is 0.462. The van der Waals surface area contributed by atoms with Crippen LogP contribution in [0.3, 0.4) is 0 Å². The SMILES string of the molecule is CCCOCCC(=O)NCc1cc(C(=O)O)ccn1. The summed E-state index contributed by atoms with van der Waals surface area (Å²) >= 11 is 0. The second kappa shape index (κ2) is 8.20. The lowest BCUT2D eigenvalue weighted by Crippen LogP contribution is -2.24. The molecule has 0 bridgehead atoms. The van der Waals surface area contributed by atoms with Crippen molar-refractivity contribution in [3.63, 3.8) is 0 Å². The number of carbonyl (C=O) groups is 2. The standard InChI is InChI=1S/C13H18N2O4/c1-2-6-19-7-4-12(16)15-9-11-8-10(13(17)18)3-5-14-11/h3,5,8H,2,4,6-7,9H2,1H3,(H,15,16)(H,17,18). The topological polar surface area (TPSA) is 88.5 Å². The van der Waals surface area contributed by atoms with Gasteiger partial charge in [0.05, 0.1) is 24.4 Å². The van der Waals surface area contributed by atoms with Gasteiger partial charge >= 0.3 is 5.97 Å².